The molecule has 2 aliphatic rings. The second-order valence-electron chi connectivity index (χ2n) is 7.71. The van der Waals surface area contributed by atoms with E-state index in [1.807, 2.05) is 0 Å². The van der Waals surface area contributed by atoms with Crippen LogP contribution in [0.25, 0.3) is 0 Å². The lowest BCUT2D eigenvalue weighted by molar-refractivity contribution is -0.126. The average molecular weight is 530 g/mol. The van der Waals surface area contributed by atoms with Gasteiger partial charge in [0.1, 0.15) is 17.4 Å². The van der Waals surface area contributed by atoms with E-state index in [1.54, 1.807) is 67.8 Å². The van der Waals surface area contributed by atoms with Crippen molar-refractivity contribution in [3.05, 3.63) is 81.8 Å². The molecule has 33 heavy (non-hydrogen) atoms. The number of anilines is 2. The summed E-state index contributed by atoms with van der Waals surface area (Å²) in [4.78, 5) is 34.2. The third-order valence-electron chi connectivity index (χ3n) is 5.84. The van der Waals surface area contributed by atoms with Gasteiger partial charge >= 0.3 is 0 Å². The summed E-state index contributed by atoms with van der Waals surface area (Å²) in [7, 11) is 1.54. The van der Waals surface area contributed by atoms with Crippen LogP contribution in [0.2, 0.25) is 5.02 Å². The highest BCUT2D eigenvalue weighted by atomic mass is 79.9. The number of aromatic hydroxyl groups is 1. The van der Waals surface area contributed by atoms with Crippen LogP contribution in [0.5, 0.6) is 11.5 Å². The standard InChI is InChI=1S/C24H18BrClN2O5/c1-32-17-9-7-15(8-10-17)27-23(30)20-21(18-12-13(25)2-11-19(18)29)28(33-22(20)24(27)31)16-5-3-14(26)4-6-16/h2-12,20-22,29H,1H3/t20-,21+,22-/m1/s1. The third kappa shape index (κ3) is 3.64. The highest BCUT2D eigenvalue weighted by Crippen LogP contribution is 2.49. The molecule has 2 amide bonds. The summed E-state index contributed by atoms with van der Waals surface area (Å²) in [5.41, 5.74) is 1.50. The topological polar surface area (TPSA) is 79.3 Å². The van der Waals surface area contributed by atoms with Crippen LogP contribution in [0, 0.1) is 5.92 Å². The number of hydrogen-bond acceptors (Lipinski definition) is 6. The molecule has 0 aliphatic carbocycles. The molecule has 2 fully saturated rings. The highest BCUT2D eigenvalue weighted by molar-refractivity contribution is 9.10. The predicted octanol–water partition coefficient (Wildman–Crippen LogP) is 4.87. The fraction of sp³-hybridized carbons (Fsp3) is 0.167. The Labute approximate surface area is 203 Å². The van der Waals surface area contributed by atoms with Gasteiger partial charge in [0.25, 0.3) is 5.91 Å². The summed E-state index contributed by atoms with van der Waals surface area (Å²) < 4.78 is 5.89. The second-order valence-corrected chi connectivity index (χ2v) is 9.06. The number of benzene rings is 3. The zero-order chi connectivity index (χ0) is 23.3. The summed E-state index contributed by atoms with van der Waals surface area (Å²) in [5, 5.41) is 12.7. The van der Waals surface area contributed by atoms with E-state index in [-0.39, 0.29) is 5.75 Å². The van der Waals surface area contributed by atoms with Crippen molar-refractivity contribution in [2.45, 2.75) is 12.1 Å². The van der Waals surface area contributed by atoms with Gasteiger partial charge in [-0.2, -0.15) is 0 Å². The number of amides is 2. The quantitative estimate of drug-likeness (QED) is 0.486. The van der Waals surface area contributed by atoms with Crippen LogP contribution >= 0.6 is 27.5 Å². The van der Waals surface area contributed by atoms with Gasteiger partial charge in [0.15, 0.2) is 6.10 Å². The Kier molecular flexibility index (Phi) is 5.52. The van der Waals surface area contributed by atoms with Crippen molar-refractivity contribution in [2.24, 2.45) is 5.92 Å². The van der Waals surface area contributed by atoms with Gasteiger partial charge < -0.3 is 9.84 Å². The molecule has 3 atom stereocenters. The zero-order valence-electron chi connectivity index (χ0n) is 17.3. The SMILES string of the molecule is COc1ccc(N2C(=O)[C@H]3[C@@H](ON(c4ccc(Cl)cc4)[C@H]3c3cc(Br)ccc3O)C2=O)cc1. The average Bonchev–Trinajstić information content (AvgIpc) is 3.32. The largest absolute Gasteiger partial charge is 0.508 e. The molecule has 0 unspecified atom stereocenters. The molecular weight excluding hydrogens is 512 g/mol. The molecule has 7 nitrogen and oxygen atoms in total. The fourth-order valence-electron chi connectivity index (χ4n) is 4.29. The number of rotatable bonds is 4. The van der Waals surface area contributed by atoms with Crippen LogP contribution in [0.15, 0.2) is 71.2 Å². The summed E-state index contributed by atoms with van der Waals surface area (Å²) in [6, 6.07) is 17.7. The Morgan fingerprint density at radius 2 is 1.64 bits per heavy atom. The minimum atomic E-state index is -1.04. The number of halogens is 2. The van der Waals surface area contributed by atoms with E-state index in [9.17, 15) is 14.7 Å². The summed E-state index contributed by atoms with van der Waals surface area (Å²) in [6.07, 6.45) is -1.04. The van der Waals surface area contributed by atoms with E-state index < -0.39 is 29.9 Å². The van der Waals surface area contributed by atoms with E-state index in [4.69, 9.17) is 21.2 Å². The number of phenols is 1. The van der Waals surface area contributed by atoms with Gasteiger partial charge in [-0.15, -0.1) is 0 Å². The van der Waals surface area contributed by atoms with Gasteiger partial charge in [-0.3, -0.25) is 14.4 Å². The first-order chi connectivity index (χ1) is 15.9. The summed E-state index contributed by atoms with van der Waals surface area (Å²) in [5.74, 6) is -1.13. The first-order valence-corrected chi connectivity index (χ1v) is 11.3. The molecule has 0 aromatic heterocycles. The lowest BCUT2D eigenvalue weighted by Gasteiger charge is -2.29. The van der Waals surface area contributed by atoms with Gasteiger partial charge in [0, 0.05) is 15.1 Å². The Morgan fingerprint density at radius 3 is 2.30 bits per heavy atom. The van der Waals surface area contributed by atoms with Crippen LogP contribution in [0.1, 0.15) is 11.6 Å². The highest BCUT2D eigenvalue weighted by Gasteiger charge is 2.60. The van der Waals surface area contributed by atoms with Gasteiger partial charge in [-0.1, -0.05) is 27.5 Å². The number of ether oxygens (including phenoxy) is 1. The maximum absolute atomic E-state index is 13.6. The fourth-order valence-corrected chi connectivity index (χ4v) is 4.80. The Hall–Kier alpha value is -3.07. The number of carbonyl (C=O) groups is 2. The number of fused-ring (bicyclic) bond motifs is 1. The zero-order valence-corrected chi connectivity index (χ0v) is 19.7. The van der Waals surface area contributed by atoms with Crippen molar-refractivity contribution < 1.29 is 24.3 Å². The molecule has 2 saturated heterocycles. The van der Waals surface area contributed by atoms with Gasteiger partial charge in [-0.05, 0) is 66.7 Å². The number of nitrogens with zero attached hydrogens (tertiary/aromatic N) is 2. The lowest BCUT2D eigenvalue weighted by Crippen LogP contribution is -2.37. The van der Waals surface area contributed by atoms with Crippen LogP contribution < -0.4 is 14.7 Å². The lowest BCUT2D eigenvalue weighted by atomic mass is 9.90. The molecule has 3 aromatic carbocycles. The molecule has 0 radical (unpaired) electrons. The molecule has 0 bridgehead atoms. The molecule has 2 aliphatic heterocycles. The van der Waals surface area contributed by atoms with Crippen LogP contribution in [0.4, 0.5) is 11.4 Å². The molecule has 5 rings (SSSR count). The van der Waals surface area contributed by atoms with Gasteiger partial charge in [0.2, 0.25) is 5.91 Å². The Morgan fingerprint density at radius 1 is 0.970 bits per heavy atom. The van der Waals surface area contributed by atoms with Crippen LogP contribution in [0.3, 0.4) is 0 Å². The number of phenolic OH excluding ortho intramolecular Hbond substituents is 1. The van der Waals surface area contributed by atoms with Crippen molar-refractivity contribution in [1.29, 1.82) is 0 Å². The normalized spacial score (nSPS) is 22.1. The Bertz CT molecular complexity index is 1230. The minimum Gasteiger partial charge on any atom is -0.508 e. The molecule has 0 spiro atoms. The second kappa shape index (κ2) is 8.37. The van der Waals surface area contributed by atoms with Crippen molar-refractivity contribution in [1.82, 2.24) is 0 Å². The van der Waals surface area contributed by atoms with E-state index in [0.717, 1.165) is 9.37 Å². The van der Waals surface area contributed by atoms with E-state index in [0.29, 0.717) is 27.7 Å². The van der Waals surface area contributed by atoms with E-state index in [1.165, 1.54) is 11.1 Å². The van der Waals surface area contributed by atoms with Gasteiger partial charge in [0.05, 0.1) is 24.5 Å². The van der Waals surface area contributed by atoms with Crippen molar-refractivity contribution in [3.8, 4) is 11.5 Å². The molecule has 9 heteroatoms. The van der Waals surface area contributed by atoms with Crippen molar-refractivity contribution in [3.63, 3.8) is 0 Å². The third-order valence-corrected chi connectivity index (χ3v) is 6.58. The summed E-state index contributed by atoms with van der Waals surface area (Å²) in [6.45, 7) is 0. The number of carbonyl (C=O) groups excluding carboxylic acids is 2. The maximum Gasteiger partial charge on any atom is 0.266 e. The first kappa shape index (κ1) is 21.8. The monoisotopic (exact) mass is 528 g/mol. The number of methoxy groups -OCH3 is 1. The van der Waals surface area contributed by atoms with Crippen LogP contribution in [-0.4, -0.2) is 30.1 Å². The smallest absolute Gasteiger partial charge is 0.266 e. The first-order valence-electron chi connectivity index (χ1n) is 10.1. The predicted molar refractivity (Wildman–Crippen MR) is 126 cm³/mol. The number of hydroxylamine groups is 1. The molecule has 3 aromatic rings. The van der Waals surface area contributed by atoms with Crippen molar-refractivity contribution >= 4 is 50.7 Å². The van der Waals surface area contributed by atoms with Gasteiger partial charge in [-0.25, -0.2) is 9.96 Å². The molecular formula is C24H18BrClN2O5. The Balaban J connectivity index is 1.59. The van der Waals surface area contributed by atoms with Crippen molar-refractivity contribution in [2.75, 3.05) is 17.1 Å². The van der Waals surface area contributed by atoms with Crippen LogP contribution in [-0.2, 0) is 14.4 Å². The molecule has 168 valence electrons. The van der Waals surface area contributed by atoms with E-state index >= 15 is 0 Å². The number of imide groups is 1. The maximum atomic E-state index is 13.6. The molecule has 2 heterocycles. The molecule has 0 saturated carbocycles. The van der Waals surface area contributed by atoms with E-state index in [2.05, 4.69) is 15.9 Å². The summed E-state index contributed by atoms with van der Waals surface area (Å²) >= 11 is 9.47. The number of hydrogen-bond donors (Lipinski definition) is 1. The minimum absolute atomic E-state index is 0.00504. The molecule has 1 N–H and O–H groups in total.